The standard InChI is InChI=1S/C10H12ClN3/c1-3-4-14-10-8(6-12-14)7(2)5-9(11)13-10/h5-6H,3-4H2,1-2H3. The Bertz CT molecular complexity index is 462. The molecule has 0 saturated carbocycles. The molecule has 0 aliphatic rings. The lowest BCUT2D eigenvalue weighted by Gasteiger charge is -2.01. The molecule has 0 aliphatic carbocycles. The van der Waals surface area contributed by atoms with Crippen LogP contribution >= 0.6 is 11.6 Å². The number of hydrogen-bond donors (Lipinski definition) is 0. The predicted octanol–water partition coefficient (Wildman–Crippen LogP) is 2.80. The zero-order chi connectivity index (χ0) is 10.1. The van der Waals surface area contributed by atoms with Crippen LogP contribution in [0.2, 0.25) is 5.15 Å². The molecule has 0 saturated heterocycles. The Morgan fingerprint density at radius 1 is 1.50 bits per heavy atom. The number of fused-ring (bicyclic) bond motifs is 1. The molecule has 4 heteroatoms. The van der Waals surface area contributed by atoms with E-state index in [9.17, 15) is 0 Å². The van der Waals surface area contributed by atoms with Crippen molar-refractivity contribution >= 4 is 22.6 Å². The van der Waals surface area contributed by atoms with Crippen LogP contribution in [0.15, 0.2) is 12.3 Å². The van der Waals surface area contributed by atoms with Crippen molar-refractivity contribution in [2.45, 2.75) is 26.8 Å². The van der Waals surface area contributed by atoms with E-state index < -0.39 is 0 Å². The van der Waals surface area contributed by atoms with Crippen LogP contribution in [-0.4, -0.2) is 14.8 Å². The Morgan fingerprint density at radius 2 is 2.29 bits per heavy atom. The Kier molecular flexibility index (Phi) is 2.42. The summed E-state index contributed by atoms with van der Waals surface area (Å²) in [5.74, 6) is 0. The summed E-state index contributed by atoms with van der Waals surface area (Å²) in [6.07, 6.45) is 2.90. The van der Waals surface area contributed by atoms with E-state index in [0.717, 1.165) is 29.6 Å². The molecule has 74 valence electrons. The number of rotatable bonds is 2. The number of aromatic nitrogens is 3. The minimum absolute atomic E-state index is 0.535. The van der Waals surface area contributed by atoms with Crippen molar-refractivity contribution in [3.63, 3.8) is 0 Å². The summed E-state index contributed by atoms with van der Waals surface area (Å²) in [7, 11) is 0. The Hall–Kier alpha value is -1.09. The van der Waals surface area contributed by atoms with Gasteiger partial charge in [0, 0.05) is 11.9 Å². The van der Waals surface area contributed by atoms with Crippen LogP contribution in [0.3, 0.4) is 0 Å². The highest BCUT2D eigenvalue weighted by atomic mass is 35.5. The largest absolute Gasteiger partial charge is 0.247 e. The summed E-state index contributed by atoms with van der Waals surface area (Å²) in [5.41, 5.74) is 2.01. The van der Waals surface area contributed by atoms with Gasteiger partial charge in [0.25, 0.3) is 0 Å². The number of nitrogens with zero attached hydrogens (tertiary/aromatic N) is 3. The monoisotopic (exact) mass is 209 g/mol. The van der Waals surface area contributed by atoms with Crippen molar-refractivity contribution in [3.05, 3.63) is 23.0 Å². The highest BCUT2D eigenvalue weighted by molar-refractivity contribution is 6.29. The van der Waals surface area contributed by atoms with Gasteiger partial charge in [-0.05, 0) is 25.0 Å². The molecule has 0 unspecified atom stereocenters. The Labute approximate surface area is 87.7 Å². The first kappa shape index (κ1) is 9.46. The van der Waals surface area contributed by atoms with Crippen molar-refractivity contribution < 1.29 is 0 Å². The SMILES string of the molecule is CCCn1ncc2c(C)cc(Cl)nc21. The van der Waals surface area contributed by atoms with Gasteiger partial charge in [0.05, 0.1) is 6.20 Å². The lowest BCUT2D eigenvalue weighted by Crippen LogP contribution is -1.99. The van der Waals surface area contributed by atoms with Crippen LogP contribution in [0, 0.1) is 6.92 Å². The molecule has 3 nitrogen and oxygen atoms in total. The minimum Gasteiger partial charge on any atom is -0.247 e. The second-order valence-corrected chi connectivity index (χ2v) is 3.75. The summed E-state index contributed by atoms with van der Waals surface area (Å²) in [6, 6.07) is 1.86. The van der Waals surface area contributed by atoms with Gasteiger partial charge in [0.1, 0.15) is 5.15 Å². The van der Waals surface area contributed by atoms with Gasteiger partial charge in [0.15, 0.2) is 5.65 Å². The van der Waals surface area contributed by atoms with E-state index in [2.05, 4.69) is 17.0 Å². The molecule has 0 bridgehead atoms. The van der Waals surface area contributed by atoms with E-state index in [0.29, 0.717) is 5.15 Å². The van der Waals surface area contributed by atoms with E-state index in [1.807, 2.05) is 23.9 Å². The normalized spacial score (nSPS) is 11.1. The van der Waals surface area contributed by atoms with E-state index in [1.54, 1.807) is 0 Å². The smallest absolute Gasteiger partial charge is 0.159 e. The molecular weight excluding hydrogens is 198 g/mol. The Morgan fingerprint density at radius 3 is 3.00 bits per heavy atom. The van der Waals surface area contributed by atoms with Gasteiger partial charge in [-0.1, -0.05) is 18.5 Å². The molecule has 0 amide bonds. The van der Waals surface area contributed by atoms with Crippen molar-refractivity contribution in [1.29, 1.82) is 0 Å². The van der Waals surface area contributed by atoms with Gasteiger partial charge in [-0.3, -0.25) is 0 Å². The highest BCUT2D eigenvalue weighted by Crippen LogP contribution is 2.19. The van der Waals surface area contributed by atoms with Crippen LogP contribution in [0.25, 0.3) is 11.0 Å². The molecule has 2 aromatic rings. The average molecular weight is 210 g/mol. The summed E-state index contributed by atoms with van der Waals surface area (Å²) in [4.78, 5) is 4.28. The highest BCUT2D eigenvalue weighted by Gasteiger charge is 2.06. The number of halogens is 1. The molecule has 2 aromatic heterocycles. The van der Waals surface area contributed by atoms with Crippen LogP contribution in [0.5, 0.6) is 0 Å². The average Bonchev–Trinajstić information content (AvgIpc) is 2.49. The summed E-state index contributed by atoms with van der Waals surface area (Å²) < 4.78 is 1.90. The minimum atomic E-state index is 0.535. The lowest BCUT2D eigenvalue weighted by molar-refractivity contribution is 0.617. The van der Waals surface area contributed by atoms with E-state index in [4.69, 9.17) is 11.6 Å². The maximum atomic E-state index is 5.90. The van der Waals surface area contributed by atoms with Crippen molar-refractivity contribution in [2.75, 3.05) is 0 Å². The predicted molar refractivity (Wildman–Crippen MR) is 57.6 cm³/mol. The molecule has 0 aliphatic heterocycles. The van der Waals surface area contributed by atoms with Gasteiger partial charge < -0.3 is 0 Å². The van der Waals surface area contributed by atoms with Crippen LogP contribution in [0.1, 0.15) is 18.9 Å². The fourth-order valence-corrected chi connectivity index (χ4v) is 1.78. The summed E-state index contributed by atoms with van der Waals surface area (Å²) >= 11 is 5.90. The zero-order valence-corrected chi connectivity index (χ0v) is 9.04. The van der Waals surface area contributed by atoms with E-state index in [-0.39, 0.29) is 0 Å². The number of aryl methyl sites for hydroxylation is 2. The van der Waals surface area contributed by atoms with E-state index >= 15 is 0 Å². The number of pyridine rings is 1. The molecule has 14 heavy (non-hydrogen) atoms. The topological polar surface area (TPSA) is 30.7 Å². The lowest BCUT2D eigenvalue weighted by atomic mass is 10.2. The van der Waals surface area contributed by atoms with Crippen molar-refractivity contribution in [3.8, 4) is 0 Å². The molecule has 0 N–H and O–H groups in total. The van der Waals surface area contributed by atoms with Gasteiger partial charge in [-0.15, -0.1) is 0 Å². The third-order valence-electron chi connectivity index (χ3n) is 2.22. The number of hydrogen-bond acceptors (Lipinski definition) is 2. The third-order valence-corrected chi connectivity index (χ3v) is 2.41. The van der Waals surface area contributed by atoms with Crippen molar-refractivity contribution in [1.82, 2.24) is 14.8 Å². The van der Waals surface area contributed by atoms with Gasteiger partial charge in [-0.25, -0.2) is 9.67 Å². The van der Waals surface area contributed by atoms with E-state index in [1.165, 1.54) is 0 Å². The van der Waals surface area contributed by atoms with Gasteiger partial charge in [-0.2, -0.15) is 5.10 Å². The first-order chi connectivity index (χ1) is 6.72. The molecule has 0 spiro atoms. The molecule has 0 fully saturated rings. The first-order valence-corrected chi connectivity index (χ1v) is 5.09. The fraction of sp³-hybridized carbons (Fsp3) is 0.400. The first-order valence-electron chi connectivity index (χ1n) is 4.71. The zero-order valence-electron chi connectivity index (χ0n) is 8.29. The maximum absolute atomic E-state index is 5.90. The Balaban J connectivity index is 2.66. The summed E-state index contributed by atoms with van der Waals surface area (Å²) in [5, 5.41) is 5.90. The van der Waals surface area contributed by atoms with Gasteiger partial charge >= 0.3 is 0 Å². The molecule has 2 rings (SSSR count). The fourth-order valence-electron chi connectivity index (χ4n) is 1.54. The molecule has 0 aromatic carbocycles. The van der Waals surface area contributed by atoms with Crippen LogP contribution < -0.4 is 0 Å². The van der Waals surface area contributed by atoms with Crippen LogP contribution in [0.4, 0.5) is 0 Å². The van der Waals surface area contributed by atoms with Gasteiger partial charge in [0.2, 0.25) is 0 Å². The molecule has 2 heterocycles. The molecule has 0 radical (unpaired) electrons. The molecular formula is C10H12ClN3. The second kappa shape index (κ2) is 3.58. The summed E-state index contributed by atoms with van der Waals surface area (Å²) in [6.45, 7) is 5.02. The maximum Gasteiger partial charge on any atom is 0.159 e. The quantitative estimate of drug-likeness (QED) is 0.713. The second-order valence-electron chi connectivity index (χ2n) is 3.37. The van der Waals surface area contributed by atoms with Crippen molar-refractivity contribution in [2.24, 2.45) is 0 Å². The third kappa shape index (κ3) is 1.48. The van der Waals surface area contributed by atoms with Crippen LogP contribution in [-0.2, 0) is 6.54 Å². The molecule has 0 atom stereocenters.